The Morgan fingerprint density at radius 2 is 1.59 bits per heavy atom. The number of anilines is 2. The minimum atomic E-state index is -5.04. The fourth-order valence-corrected chi connectivity index (χ4v) is 7.45. The highest BCUT2D eigenvalue weighted by atomic mass is 35.5. The van der Waals surface area contributed by atoms with Crippen LogP contribution in [0.4, 0.5) is 29.5 Å². The molecule has 6 rings (SSSR count). The van der Waals surface area contributed by atoms with Crippen molar-refractivity contribution in [3.8, 4) is 28.1 Å². The number of piperazine rings is 1. The number of H-pyrrole nitrogens is 1. The monoisotopic (exact) mass is 823 g/mol. The number of aromatic amines is 1. The van der Waals surface area contributed by atoms with E-state index in [1.807, 2.05) is 53.4 Å². The summed E-state index contributed by atoms with van der Waals surface area (Å²) >= 11 is 6.58. The van der Waals surface area contributed by atoms with E-state index in [0.717, 1.165) is 6.07 Å². The molecule has 2 saturated heterocycles. The number of alkyl halides is 3. The van der Waals surface area contributed by atoms with E-state index in [-0.39, 0.29) is 45.7 Å². The third-order valence-corrected chi connectivity index (χ3v) is 10.3. The predicted molar refractivity (Wildman–Crippen MR) is 216 cm³/mol. The molecule has 0 radical (unpaired) electrons. The van der Waals surface area contributed by atoms with Crippen LogP contribution in [0.25, 0.3) is 22.4 Å². The highest BCUT2D eigenvalue weighted by Crippen LogP contribution is 2.41. The summed E-state index contributed by atoms with van der Waals surface area (Å²) in [6, 6.07) is 12.0. The largest absolute Gasteiger partial charge is 0.573 e. The third kappa shape index (κ3) is 9.86. The molecule has 2 aliphatic rings. The molecule has 310 valence electrons. The van der Waals surface area contributed by atoms with Crippen molar-refractivity contribution < 1.29 is 37.0 Å². The van der Waals surface area contributed by atoms with Gasteiger partial charge >= 0.3 is 12.5 Å². The number of likely N-dealkylation sites (tertiary alicyclic amines) is 1. The van der Waals surface area contributed by atoms with E-state index in [1.54, 1.807) is 47.5 Å². The molecule has 3 amide bonds. The molecule has 2 aliphatic heterocycles. The van der Waals surface area contributed by atoms with Crippen LogP contribution in [0, 0.1) is 11.3 Å². The van der Waals surface area contributed by atoms with Crippen LogP contribution in [-0.2, 0) is 9.53 Å². The smallest absolute Gasteiger partial charge is 0.444 e. The number of halogens is 4. The number of benzene rings is 2. The quantitative estimate of drug-likeness (QED) is 0.189. The second-order valence-corrected chi connectivity index (χ2v) is 17.4. The first-order valence-corrected chi connectivity index (χ1v) is 19.5. The maximum atomic E-state index is 13.7. The summed E-state index contributed by atoms with van der Waals surface area (Å²) in [7, 11) is 0. The Labute approximate surface area is 341 Å². The summed E-state index contributed by atoms with van der Waals surface area (Å²) in [5.74, 6) is 0.352. The zero-order valence-corrected chi connectivity index (χ0v) is 34.6. The number of amides is 3. The van der Waals surface area contributed by atoms with Crippen molar-refractivity contribution in [3.05, 3.63) is 77.3 Å². The summed E-state index contributed by atoms with van der Waals surface area (Å²) in [5, 5.41) is 2.58. The number of pyridine rings is 1. The normalized spacial score (nSPS) is 19.0. The Balaban J connectivity index is 1.17. The van der Waals surface area contributed by atoms with E-state index >= 15 is 0 Å². The van der Waals surface area contributed by atoms with Crippen molar-refractivity contribution in [3.63, 3.8) is 0 Å². The van der Waals surface area contributed by atoms with Crippen LogP contribution in [0.3, 0.4) is 0 Å². The second-order valence-electron chi connectivity index (χ2n) is 17.0. The first kappa shape index (κ1) is 42.3. The number of hydrogen-bond donors (Lipinski definition) is 2. The molecule has 1 unspecified atom stereocenters. The number of rotatable bonds is 7. The Morgan fingerprint density at radius 1 is 0.897 bits per heavy atom. The predicted octanol–water partition coefficient (Wildman–Crippen LogP) is 9.34. The second kappa shape index (κ2) is 16.1. The number of nitrogens with one attached hydrogen (secondary N) is 2. The number of carbonyl (C=O) groups excluding carboxylic acids is 3. The average Bonchev–Trinajstić information content (AvgIpc) is 3.78. The van der Waals surface area contributed by atoms with Gasteiger partial charge in [-0.2, -0.15) is 0 Å². The van der Waals surface area contributed by atoms with Gasteiger partial charge in [-0.05, 0) is 69.4 Å². The topological polar surface area (TPSA) is 133 Å². The van der Waals surface area contributed by atoms with E-state index in [9.17, 15) is 27.6 Å². The van der Waals surface area contributed by atoms with Crippen molar-refractivity contribution in [2.75, 3.05) is 36.4 Å². The van der Waals surface area contributed by atoms with Crippen LogP contribution in [0.2, 0.25) is 5.02 Å². The van der Waals surface area contributed by atoms with Gasteiger partial charge in [0.2, 0.25) is 5.91 Å². The summed E-state index contributed by atoms with van der Waals surface area (Å²) in [4.78, 5) is 57.0. The summed E-state index contributed by atoms with van der Waals surface area (Å²) in [6.45, 7) is 17.3. The molecule has 2 aromatic heterocycles. The molecular weight excluding hydrogens is 775 g/mol. The molecule has 58 heavy (non-hydrogen) atoms. The Bertz CT molecular complexity index is 2150. The maximum Gasteiger partial charge on any atom is 0.573 e. The first-order chi connectivity index (χ1) is 27.1. The molecule has 0 saturated carbocycles. The van der Waals surface area contributed by atoms with Crippen LogP contribution in [-0.4, -0.2) is 86.8 Å². The van der Waals surface area contributed by atoms with Gasteiger partial charge in [0.25, 0.3) is 5.91 Å². The van der Waals surface area contributed by atoms with Gasteiger partial charge < -0.3 is 29.6 Å². The van der Waals surface area contributed by atoms with Crippen LogP contribution in [0.5, 0.6) is 5.75 Å². The van der Waals surface area contributed by atoms with Crippen molar-refractivity contribution in [1.29, 1.82) is 0 Å². The third-order valence-electron chi connectivity index (χ3n) is 9.96. The fourth-order valence-electron chi connectivity index (χ4n) is 7.23. The number of imidazole rings is 1. The SMILES string of the molecule is CC1CN(C(=O)C(C)(C)C)CCN1c1ccc(C(=O)Nc2cc(OC(F)(F)F)c(-c3ccc(-c4cnc([C@@H]5C[C@H](C)CN5C(=O)OC(C)(C)C)[nH]4)cc3)cc2Cl)cn1. The molecule has 4 aromatic rings. The summed E-state index contributed by atoms with van der Waals surface area (Å²) in [5.41, 5.74) is 0.727. The van der Waals surface area contributed by atoms with Gasteiger partial charge in [-0.3, -0.25) is 14.5 Å². The molecule has 2 fully saturated rings. The molecule has 16 heteroatoms. The lowest BCUT2D eigenvalue weighted by Gasteiger charge is -2.42. The van der Waals surface area contributed by atoms with Gasteiger partial charge in [-0.15, -0.1) is 13.2 Å². The lowest BCUT2D eigenvalue weighted by molar-refractivity contribution is -0.274. The average molecular weight is 824 g/mol. The number of hydrogen-bond acceptors (Lipinski definition) is 8. The van der Waals surface area contributed by atoms with Gasteiger partial charge in [0.1, 0.15) is 23.0 Å². The molecule has 0 aliphatic carbocycles. The van der Waals surface area contributed by atoms with Gasteiger partial charge in [0, 0.05) is 55.5 Å². The minimum absolute atomic E-state index is 0.0124. The lowest BCUT2D eigenvalue weighted by atomic mass is 9.94. The van der Waals surface area contributed by atoms with Crippen molar-refractivity contribution in [2.24, 2.45) is 11.3 Å². The van der Waals surface area contributed by atoms with Gasteiger partial charge in [0.15, 0.2) is 0 Å². The van der Waals surface area contributed by atoms with E-state index in [1.165, 1.54) is 12.3 Å². The molecule has 12 nitrogen and oxygen atoms in total. The molecule has 0 bridgehead atoms. The lowest BCUT2D eigenvalue weighted by Crippen LogP contribution is -2.56. The molecule has 0 spiro atoms. The van der Waals surface area contributed by atoms with E-state index in [2.05, 4.69) is 36.8 Å². The van der Waals surface area contributed by atoms with E-state index in [0.29, 0.717) is 61.1 Å². The van der Waals surface area contributed by atoms with Crippen LogP contribution in [0.1, 0.15) is 84.0 Å². The van der Waals surface area contributed by atoms with E-state index in [4.69, 9.17) is 16.3 Å². The molecule has 2 N–H and O–H groups in total. The Morgan fingerprint density at radius 3 is 2.19 bits per heavy atom. The molecule has 4 heterocycles. The van der Waals surface area contributed by atoms with Crippen LogP contribution >= 0.6 is 11.6 Å². The summed E-state index contributed by atoms with van der Waals surface area (Å²) in [6.07, 6.45) is -1.72. The van der Waals surface area contributed by atoms with Crippen molar-refractivity contribution in [1.82, 2.24) is 24.8 Å². The van der Waals surface area contributed by atoms with Gasteiger partial charge in [0.05, 0.1) is 34.2 Å². The number of carbonyl (C=O) groups is 3. The number of nitrogens with zero attached hydrogens (tertiary/aromatic N) is 5. The first-order valence-electron chi connectivity index (χ1n) is 19.1. The zero-order valence-electron chi connectivity index (χ0n) is 33.8. The highest BCUT2D eigenvalue weighted by Gasteiger charge is 2.39. The zero-order chi connectivity index (χ0) is 42.3. The van der Waals surface area contributed by atoms with Crippen molar-refractivity contribution in [2.45, 2.75) is 85.9 Å². The standard InChI is InChI=1S/C42H49ClF3N7O5/c1-24-17-33(53(22-24)39(56)58-41(6,7)8)36-48-21-32(49-36)27-11-9-26(10-12-27)29-18-30(43)31(19-34(29)57-42(44,45)46)50-37(54)28-13-14-35(47-20-28)52-16-15-51(23-25(52)2)38(55)40(3,4)5/h9-14,18-21,24-25,33H,15-17,22-23H2,1-8H3,(H,48,49)(H,50,54)/t24-,25?,33-/m0/s1. The number of aromatic nitrogens is 3. The molecular formula is C42H49ClF3N7O5. The Hall–Kier alpha value is -5.31. The van der Waals surface area contributed by atoms with E-state index < -0.39 is 35.1 Å². The maximum absolute atomic E-state index is 13.7. The fraction of sp³-hybridized carbons (Fsp3) is 0.452. The molecule has 2 aromatic carbocycles. The minimum Gasteiger partial charge on any atom is -0.444 e. The van der Waals surface area contributed by atoms with Crippen LogP contribution in [0.15, 0.2) is 60.9 Å². The number of ether oxygens (including phenoxy) is 2. The Kier molecular flexibility index (Phi) is 11.8. The summed E-state index contributed by atoms with van der Waals surface area (Å²) < 4.78 is 51.2. The highest BCUT2D eigenvalue weighted by molar-refractivity contribution is 6.34. The van der Waals surface area contributed by atoms with Gasteiger partial charge in [-0.1, -0.05) is 63.6 Å². The van der Waals surface area contributed by atoms with Crippen molar-refractivity contribution >= 4 is 41.0 Å². The van der Waals surface area contributed by atoms with Crippen LogP contribution < -0.4 is 15.0 Å². The van der Waals surface area contributed by atoms with Gasteiger partial charge in [-0.25, -0.2) is 14.8 Å². The molecule has 3 atom stereocenters.